The van der Waals surface area contributed by atoms with Crippen LogP contribution < -0.4 is 20.7 Å². The van der Waals surface area contributed by atoms with Crippen molar-refractivity contribution in [3.05, 3.63) is 54.2 Å². The number of carbonyl (C=O) groups excluding carboxylic acids is 1. The number of halogens is 1. The highest BCUT2D eigenvalue weighted by Crippen LogP contribution is 2.36. The minimum atomic E-state index is -1.09. The number of pyridine rings is 3. The molecule has 1 saturated carbocycles. The first-order valence-corrected chi connectivity index (χ1v) is 12.7. The van der Waals surface area contributed by atoms with E-state index in [0.717, 1.165) is 0 Å². The maximum absolute atomic E-state index is 14.5. The van der Waals surface area contributed by atoms with E-state index in [0.29, 0.717) is 64.7 Å². The topological polar surface area (TPSA) is 121 Å². The Kier molecular flexibility index (Phi) is 6.78. The molecular weight excluding hydrogens is 483 g/mol. The van der Waals surface area contributed by atoms with Crippen molar-refractivity contribution in [2.24, 2.45) is 0 Å². The molecule has 1 amide bonds. The van der Waals surface area contributed by atoms with Crippen molar-refractivity contribution in [2.45, 2.75) is 48.8 Å². The molecule has 1 aliphatic heterocycles. The van der Waals surface area contributed by atoms with Crippen LogP contribution in [0.5, 0.6) is 5.88 Å². The van der Waals surface area contributed by atoms with Gasteiger partial charge in [0.05, 0.1) is 34.7 Å². The molecule has 1 fully saturated rings. The predicted molar refractivity (Wildman–Crippen MR) is 136 cm³/mol. The number of ether oxygens (including phenoxy) is 1. The van der Waals surface area contributed by atoms with E-state index < -0.39 is 11.4 Å². The second-order valence-electron chi connectivity index (χ2n) is 8.97. The molecule has 0 spiro atoms. The third-order valence-corrected chi connectivity index (χ3v) is 7.64. The number of nitrogens with one attached hydrogen (secondary N) is 3. The number of aliphatic hydroxyl groups is 1. The number of carbonyl (C=O) groups is 1. The van der Waals surface area contributed by atoms with Gasteiger partial charge in [0.2, 0.25) is 11.8 Å². The summed E-state index contributed by atoms with van der Waals surface area (Å²) in [5, 5.41) is 20.6. The monoisotopic (exact) mass is 510 g/mol. The van der Waals surface area contributed by atoms with Crippen LogP contribution in [0, 0.1) is 5.82 Å². The molecule has 0 saturated heterocycles. The number of rotatable bonds is 7. The van der Waals surface area contributed by atoms with Crippen LogP contribution in [0.15, 0.2) is 47.6 Å². The van der Waals surface area contributed by atoms with E-state index in [1.807, 2.05) is 6.07 Å². The Morgan fingerprint density at radius 3 is 2.92 bits per heavy atom. The normalized spacial score (nSPS) is 21.5. The molecule has 3 aromatic rings. The maximum Gasteiger partial charge on any atom is 0.235 e. The van der Waals surface area contributed by atoms with Gasteiger partial charge in [0, 0.05) is 30.5 Å². The first-order valence-electron chi connectivity index (χ1n) is 11.7. The quantitative estimate of drug-likeness (QED) is 0.378. The van der Waals surface area contributed by atoms with E-state index in [4.69, 9.17) is 4.74 Å². The van der Waals surface area contributed by atoms with Gasteiger partial charge in [-0.3, -0.25) is 9.78 Å². The zero-order valence-corrected chi connectivity index (χ0v) is 20.6. The van der Waals surface area contributed by atoms with Crippen LogP contribution in [0.2, 0.25) is 0 Å². The van der Waals surface area contributed by atoms with Crippen LogP contribution >= 0.6 is 11.8 Å². The van der Waals surface area contributed by atoms with Crippen molar-refractivity contribution in [1.29, 1.82) is 0 Å². The van der Waals surface area contributed by atoms with E-state index in [1.165, 1.54) is 17.8 Å². The molecule has 0 unspecified atom stereocenters. The molecule has 0 radical (unpaired) electrons. The maximum atomic E-state index is 14.5. The molecule has 188 valence electrons. The van der Waals surface area contributed by atoms with Gasteiger partial charge < -0.3 is 25.8 Å². The summed E-state index contributed by atoms with van der Waals surface area (Å²) >= 11 is 1.28. The Morgan fingerprint density at radius 1 is 1.33 bits per heavy atom. The Labute approximate surface area is 212 Å². The summed E-state index contributed by atoms with van der Waals surface area (Å²) in [7, 11) is 1.55. The van der Waals surface area contributed by atoms with Crippen molar-refractivity contribution in [3.63, 3.8) is 0 Å². The molecule has 9 nitrogen and oxygen atoms in total. The number of hydrogen-bond donors (Lipinski definition) is 4. The SMILES string of the molecule is C=C(Nc1ccnc2ccc(OC)nc12)[C@]1(O)CC[C@@H](NCc2nc3c(cc2F)SCC(=O)N3)CC1. The first kappa shape index (κ1) is 24.4. The third-order valence-electron chi connectivity index (χ3n) is 6.62. The Balaban J connectivity index is 1.20. The lowest BCUT2D eigenvalue weighted by Gasteiger charge is -2.38. The first-order chi connectivity index (χ1) is 17.3. The van der Waals surface area contributed by atoms with E-state index in [2.05, 4.69) is 37.5 Å². The molecule has 4 heterocycles. The van der Waals surface area contributed by atoms with Gasteiger partial charge in [-0.1, -0.05) is 6.58 Å². The zero-order chi connectivity index (χ0) is 25.3. The van der Waals surface area contributed by atoms with Gasteiger partial charge >= 0.3 is 0 Å². The summed E-state index contributed by atoms with van der Waals surface area (Å²) in [5.41, 5.74) is 1.69. The fraction of sp³-hybridized carbons (Fsp3) is 0.360. The molecular formula is C25H27FN6O3S. The minimum absolute atomic E-state index is 0.0898. The second-order valence-corrected chi connectivity index (χ2v) is 9.99. The highest BCUT2D eigenvalue weighted by molar-refractivity contribution is 8.00. The number of hydrogen-bond acceptors (Lipinski definition) is 9. The average molecular weight is 511 g/mol. The van der Waals surface area contributed by atoms with Gasteiger partial charge in [-0.25, -0.2) is 14.4 Å². The van der Waals surface area contributed by atoms with Crippen molar-refractivity contribution in [3.8, 4) is 5.88 Å². The van der Waals surface area contributed by atoms with E-state index in [-0.39, 0.29) is 29.9 Å². The van der Waals surface area contributed by atoms with Crippen LogP contribution in [-0.4, -0.2) is 50.5 Å². The molecule has 2 aliphatic rings. The number of methoxy groups -OCH3 is 1. The van der Waals surface area contributed by atoms with Gasteiger partial charge in [0.1, 0.15) is 22.8 Å². The predicted octanol–water partition coefficient (Wildman–Crippen LogP) is 3.61. The molecule has 4 N–H and O–H groups in total. The van der Waals surface area contributed by atoms with Crippen molar-refractivity contribution >= 4 is 40.2 Å². The lowest BCUT2D eigenvalue weighted by atomic mass is 9.80. The molecule has 0 atom stereocenters. The molecule has 11 heteroatoms. The summed E-state index contributed by atoms with van der Waals surface area (Å²) < 4.78 is 19.7. The van der Waals surface area contributed by atoms with Crippen molar-refractivity contribution in [1.82, 2.24) is 20.3 Å². The van der Waals surface area contributed by atoms with Gasteiger partial charge in [-0.2, -0.15) is 0 Å². The van der Waals surface area contributed by atoms with Crippen LogP contribution in [-0.2, 0) is 11.3 Å². The number of fused-ring (bicyclic) bond motifs is 2. The second kappa shape index (κ2) is 10.00. The van der Waals surface area contributed by atoms with Gasteiger partial charge in [0.25, 0.3) is 0 Å². The lowest BCUT2D eigenvalue weighted by molar-refractivity contribution is -0.113. The Morgan fingerprint density at radius 2 is 2.14 bits per heavy atom. The highest BCUT2D eigenvalue weighted by Gasteiger charge is 2.36. The molecule has 0 bridgehead atoms. The van der Waals surface area contributed by atoms with Crippen LogP contribution in [0.3, 0.4) is 0 Å². The molecule has 0 aromatic carbocycles. The highest BCUT2D eigenvalue weighted by atomic mass is 32.2. The number of nitrogens with zero attached hydrogens (tertiary/aromatic N) is 3. The van der Waals surface area contributed by atoms with Crippen LogP contribution in [0.4, 0.5) is 15.9 Å². The Hall–Kier alpha value is -3.28. The number of thioether (sulfide) groups is 1. The fourth-order valence-electron chi connectivity index (χ4n) is 4.49. The smallest absolute Gasteiger partial charge is 0.235 e. The summed E-state index contributed by atoms with van der Waals surface area (Å²) in [5.74, 6) is 0.607. The van der Waals surface area contributed by atoms with E-state index >= 15 is 0 Å². The number of amides is 1. The molecule has 36 heavy (non-hydrogen) atoms. The van der Waals surface area contributed by atoms with Crippen LogP contribution in [0.1, 0.15) is 31.4 Å². The largest absolute Gasteiger partial charge is 0.481 e. The van der Waals surface area contributed by atoms with Crippen molar-refractivity contribution in [2.75, 3.05) is 23.5 Å². The molecule has 5 rings (SSSR count). The van der Waals surface area contributed by atoms with Gasteiger partial charge in [0.15, 0.2) is 0 Å². The summed E-state index contributed by atoms with van der Waals surface area (Å²) in [6.07, 6.45) is 4.01. The van der Waals surface area contributed by atoms with Gasteiger partial charge in [-0.15, -0.1) is 11.8 Å². The average Bonchev–Trinajstić information content (AvgIpc) is 2.88. The zero-order valence-electron chi connectivity index (χ0n) is 19.8. The minimum Gasteiger partial charge on any atom is -0.481 e. The third kappa shape index (κ3) is 4.99. The lowest BCUT2D eigenvalue weighted by Crippen LogP contribution is -2.43. The number of aromatic nitrogens is 3. The van der Waals surface area contributed by atoms with Crippen LogP contribution in [0.25, 0.3) is 11.0 Å². The summed E-state index contributed by atoms with van der Waals surface area (Å²) in [6.45, 7) is 4.35. The summed E-state index contributed by atoms with van der Waals surface area (Å²) in [4.78, 5) is 25.4. The van der Waals surface area contributed by atoms with Crippen molar-refractivity contribution < 1.29 is 19.0 Å². The number of anilines is 2. The van der Waals surface area contributed by atoms with E-state index in [9.17, 15) is 14.3 Å². The van der Waals surface area contributed by atoms with E-state index in [1.54, 1.807) is 25.4 Å². The standard InChI is InChI=1S/C25H27FN6O3S/c1-14(29-18-7-10-27-17-3-4-22(35-2)32-23(17)18)25(34)8-5-15(6-9-25)28-12-19-16(26)11-20-24(30-19)31-21(33)13-36-20/h3-4,7,10-11,15,28,34H,1,5-6,8-9,12-13H2,2H3,(H,27,29)(H,30,31,33)/t15-,25+. The Bertz CT molecular complexity index is 1330. The van der Waals surface area contributed by atoms with Gasteiger partial charge in [-0.05, 0) is 43.9 Å². The summed E-state index contributed by atoms with van der Waals surface area (Å²) in [6, 6.07) is 6.88. The molecule has 3 aromatic heterocycles. The molecule has 1 aliphatic carbocycles. The fourth-order valence-corrected chi connectivity index (χ4v) is 5.27.